The summed E-state index contributed by atoms with van der Waals surface area (Å²) in [7, 11) is 3.22. The number of guanidine groups is 1. The largest absolute Gasteiger partial charge is 0.383 e. The fourth-order valence-electron chi connectivity index (χ4n) is 1.85. The predicted molar refractivity (Wildman–Crippen MR) is 110 cm³/mol. The fraction of sp³-hybridized carbons (Fsp3) is 0.467. The van der Waals surface area contributed by atoms with Crippen molar-refractivity contribution < 1.29 is 9.53 Å². The SMILES string of the molecule is CN=C(NCC(=O)NCCOC)NC(C)c1ccc(Cl)cc1Cl.I. The third kappa shape index (κ3) is 8.36. The third-order valence-electron chi connectivity index (χ3n) is 3.05. The number of aliphatic imine (C=N–C) groups is 1. The van der Waals surface area contributed by atoms with Gasteiger partial charge in [-0.1, -0.05) is 29.3 Å². The Morgan fingerprint density at radius 1 is 1.33 bits per heavy atom. The molecule has 0 heterocycles. The average Bonchev–Trinajstić information content (AvgIpc) is 2.51. The van der Waals surface area contributed by atoms with E-state index in [0.29, 0.717) is 29.2 Å². The minimum atomic E-state index is -0.137. The second-order valence-electron chi connectivity index (χ2n) is 4.80. The molecule has 0 bridgehead atoms. The molecule has 24 heavy (non-hydrogen) atoms. The molecule has 6 nitrogen and oxygen atoms in total. The van der Waals surface area contributed by atoms with Crippen LogP contribution in [0.25, 0.3) is 0 Å². The maximum absolute atomic E-state index is 11.6. The molecule has 1 rings (SSSR count). The molecular formula is C15H23Cl2IN4O2. The number of nitrogens with zero attached hydrogens (tertiary/aromatic N) is 1. The molecule has 0 spiro atoms. The molecule has 1 atom stereocenters. The first-order valence-electron chi connectivity index (χ1n) is 7.15. The minimum Gasteiger partial charge on any atom is -0.383 e. The van der Waals surface area contributed by atoms with Crippen LogP contribution in [0.15, 0.2) is 23.2 Å². The Hall–Kier alpha value is -0.770. The van der Waals surface area contributed by atoms with Crippen LogP contribution in [0.4, 0.5) is 0 Å². The molecule has 136 valence electrons. The smallest absolute Gasteiger partial charge is 0.239 e. The van der Waals surface area contributed by atoms with Gasteiger partial charge in [-0.2, -0.15) is 0 Å². The van der Waals surface area contributed by atoms with E-state index >= 15 is 0 Å². The molecule has 1 aromatic carbocycles. The van der Waals surface area contributed by atoms with Gasteiger partial charge in [0.05, 0.1) is 19.2 Å². The van der Waals surface area contributed by atoms with Gasteiger partial charge in [0.15, 0.2) is 5.96 Å². The van der Waals surface area contributed by atoms with Crippen LogP contribution < -0.4 is 16.0 Å². The highest BCUT2D eigenvalue weighted by atomic mass is 127. The lowest BCUT2D eigenvalue weighted by Crippen LogP contribution is -2.44. The van der Waals surface area contributed by atoms with Crippen LogP contribution in [0.2, 0.25) is 10.0 Å². The van der Waals surface area contributed by atoms with E-state index in [-0.39, 0.29) is 42.5 Å². The van der Waals surface area contributed by atoms with Gasteiger partial charge >= 0.3 is 0 Å². The molecular weight excluding hydrogens is 466 g/mol. The predicted octanol–water partition coefficient (Wildman–Crippen LogP) is 2.60. The maximum Gasteiger partial charge on any atom is 0.239 e. The molecule has 3 N–H and O–H groups in total. The van der Waals surface area contributed by atoms with Crippen LogP contribution in [0, 0.1) is 0 Å². The van der Waals surface area contributed by atoms with Crippen molar-refractivity contribution in [3.8, 4) is 0 Å². The zero-order valence-electron chi connectivity index (χ0n) is 13.9. The van der Waals surface area contributed by atoms with Gasteiger partial charge in [0, 0.05) is 30.7 Å². The summed E-state index contributed by atoms with van der Waals surface area (Å²) < 4.78 is 4.87. The zero-order chi connectivity index (χ0) is 17.2. The standard InChI is InChI=1S/C15H22Cl2N4O2.HI/c1-10(12-5-4-11(16)8-13(12)17)21-15(18-2)20-9-14(22)19-6-7-23-3;/h4-5,8,10H,6-7,9H2,1-3H3,(H,19,22)(H2,18,20,21);1H. The molecule has 1 amide bonds. The second-order valence-corrected chi connectivity index (χ2v) is 5.64. The summed E-state index contributed by atoms with van der Waals surface area (Å²) in [6.45, 7) is 3.01. The molecule has 0 aromatic heterocycles. The molecule has 0 saturated heterocycles. The van der Waals surface area contributed by atoms with E-state index in [1.165, 1.54) is 0 Å². The summed E-state index contributed by atoms with van der Waals surface area (Å²) in [5.74, 6) is 0.368. The van der Waals surface area contributed by atoms with E-state index in [4.69, 9.17) is 27.9 Å². The fourth-order valence-corrected chi connectivity index (χ4v) is 2.42. The first-order valence-corrected chi connectivity index (χ1v) is 7.91. The molecule has 1 unspecified atom stereocenters. The van der Waals surface area contributed by atoms with Gasteiger partial charge in [-0.3, -0.25) is 9.79 Å². The lowest BCUT2D eigenvalue weighted by atomic mass is 10.1. The van der Waals surface area contributed by atoms with Crippen molar-refractivity contribution in [1.82, 2.24) is 16.0 Å². The lowest BCUT2D eigenvalue weighted by Gasteiger charge is -2.19. The van der Waals surface area contributed by atoms with Gasteiger partial charge in [-0.05, 0) is 24.6 Å². The summed E-state index contributed by atoms with van der Waals surface area (Å²) in [6.07, 6.45) is 0. The van der Waals surface area contributed by atoms with Gasteiger partial charge in [0.25, 0.3) is 0 Å². The number of nitrogens with one attached hydrogen (secondary N) is 3. The van der Waals surface area contributed by atoms with E-state index in [0.717, 1.165) is 5.56 Å². The number of methoxy groups -OCH3 is 1. The molecule has 0 aliphatic rings. The van der Waals surface area contributed by atoms with E-state index in [9.17, 15) is 4.79 Å². The quantitative estimate of drug-likeness (QED) is 0.239. The number of amides is 1. The maximum atomic E-state index is 11.6. The second kappa shape index (κ2) is 12.6. The van der Waals surface area contributed by atoms with E-state index < -0.39 is 0 Å². The normalized spacial score (nSPS) is 12.1. The van der Waals surface area contributed by atoms with Crippen molar-refractivity contribution in [1.29, 1.82) is 0 Å². The monoisotopic (exact) mass is 488 g/mol. The Morgan fingerprint density at radius 2 is 2.04 bits per heavy atom. The highest BCUT2D eigenvalue weighted by Gasteiger charge is 2.12. The molecule has 0 radical (unpaired) electrons. The first kappa shape index (κ1) is 23.2. The zero-order valence-corrected chi connectivity index (χ0v) is 17.7. The van der Waals surface area contributed by atoms with Crippen LogP contribution in [-0.4, -0.2) is 45.7 Å². The van der Waals surface area contributed by atoms with Crippen LogP contribution in [0.1, 0.15) is 18.5 Å². The van der Waals surface area contributed by atoms with Crippen molar-refractivity contribution in [3.63, 3.8) is 0 Å². The van der Waals surface area contributed by atoms with Crippen LogP contribution in [-0.2, 0) is 9.53 Å². The molecule has 1 aromatic rings. The highest BCUT2D eigenvalue weighted by molar-refractivity contribution is 14.0. The molecule has 0 aliphatic heterocycles. The first-order chi connectivity index (χ1) is 11.0. The van der Waals surface area contributed by atoms with Gasteiger partial charge < -0.3 is 20.7 Å². The Kier molecular flexibility index (Phi) is 12.2. The van der Waals surface area contributed by atoms with Crippen LogP contribution in [0.5, 0.6) is 0 Å². The summed E-state index contributed by atoms with van der Waals surface area (Å²) in [6, 6.07) is 5.23. The average molecular weight is 489 g/mol. The van der Waals surface area contributed by atoms with E-state index in [1.807, 2.05) is 13.0 Å². The number of carbonyl (C=O) groups is 1. The number of carbonyl (C=O) groups excluding carboxylic acids is 1. The highest BCUT2D eigenvalue weighted by Crippen LogP contribution is 2.25. The van der Waals surface area contributed by atoms with Crippen molar-refractivity contribution in [3.05, 3.63) is 33.8 Å². The van der Waals surface area contributed by atoms with E-state index in [1.54, 1.807) is 26.3 Å². The number of hydrogen-bond acceptors (Lipinski definition) is 3. The molecule has 0 fully saturated rings. The summed E-state index contributed by atoms with van der Waals surface area (Å²) >= 11 is 12.1. The van der Waals surface area contributed by atoms with E-state index in [2.05, 4.69) is 20.9 Å². The number of benzene rings is 1. The lowest BCUT2D eigenvalue weighted by molar-refractivity contribution is -0.120. The van der Waals surface area contributed by atoms with Crippen LogP contribution >= 0.6 is 47.2 Å². The van der Waals surface area contributed by atoms with Gasteiger partial charge in [-0.25, -0.2) is 0 Å². The van der Waals surface area contributed by atoms with Crippen molar-refractivity contribution in [2.24, 2.45) is 4.99 Å². The number of ether oxygens (including phenoxy) is 1. The minimum absolute atomic E-state index is 0. The molecule has 0 aliphatic carbocycles. The Morgan fingerprint density at radius 3 is 2.62 bits per heavy atom. The number of hydrogen-bond donors (Lipinski definition) is 3. The summed E-state index contributed by atoms with van der Waals surface area (Å²) in [4.78, 5) is 15.7. The van der Waals surface area contributed by atoms with Gasteiger partial charge in [0.1, 0.15) is 0 Å². The van der Waals surface area contributed by atoms with Crippen molar-refractivity contribution in [2.45, 2.75) is 13.0 Å². The van der Waals surface area contributed by atoms with Crippen LogP contribution in [0.3, 0.4) is 0 Å². The molecule has 9 heteroatoms. The number of halogens is 3. The van der Waals surface area contributed by atoms with Gasteiger partial charge in [0.2, 0.25) is 5.91 Å². The van der Waals surface area contributed by atoms with Crippen molar-refractivity contribution >= 4 is 59.0 Å². The van der Waals surface area contributed by atoms with Crippen molar-refractivity contribution in [2.75, 3.05) is 33.9 Å². The Bertz CT molecular complexity index is 558. The van der Waals surface area contributed by atoms with Gasteiger partial charge in [-0.15, -0.1) is 24.0 Å². The molecule has 0 saturated carbocycles. The third-order valence-corrected chi connectivity index (χ3v) is 3.61. The number of rotatable bonds is 7. The topological polar surface area (TPSA) is 74.8 Å². The Labute approximate surface area is 169 Å². The summed E-state index contributed by atoms with van der Waals surface area (Å²) in [5.41, 5.74) is 0.892. The summed E-state index contributed by atoms with van der Waals surface area (Å²) in [5, 5.41) is 9.99. The Balaban J connectivity index is 0.00000529.